The summed E-state index contributed by atoms with van der Waals surface area (Å²) in [6.45, 7) is 8.39. The fourth-order valence-electron chi connectivity index (χ4n) is 2.26. The van der Waals surface area contributed by atoms with Crippen molar-refractivity contribution >= 4 is 11.9 Å². The van der Waals surface area contributed by atoms with Gasteiger partial charge in [0.15, 0.2) is 0 Å². The molecule has 0 bridgehead atoms. The summed E-state index contributed by atoms with van der Waals surface area (Å²) in [6.07, 6.45) is 8.05. The van der Waals surface area contributed by atoms with Crippen LogP contribution >= 0.6 is 0 Å². The zero-order valence-corrected chi connectivity index (χ0v) is 14.2. The van der Waals surface area contributed by atoms with Gasteiger partial charge in [0.05, 0.1) is 6.61 Å². The van der Waals surface area contributed by atoms with Gasteiger partial charge in [-0.2, -0.15) is 0 Å². The Kier molecular flexibility index (Phi) is 12.0. The quantitative estimate of drug-likeness (QED) is 0.440. The van der Waals surface area contributed by atoms with E-state index in [1.165, 1.54) is 25.7 Å². The molecule has 0 saturated carbocycles. The predicted octanol–water partition coefficient (Wildman–Crippen LogP) is 3.83. The molecule has 0 aliphatic rings. The molecule has 0 aliphatic carbocycles. The molecule has 0 aromatic carbocycles. The molecule has 0 aromatic heterocycles. The number of unbranched alkanes of at least 4 members (excludes halogenated alkanes) is 5. The molecule has 0 radical (unpaired) electrons. The summed E-state index contributed by atoms with van der Waals surface area (Å²) in [5.74, 6) is -0.0135. The highest BCUT2D eigenvalue weighted by Crippen LogP contribution is 2.09. The SMILES string of the molecule is CCCCCCCCC(=O)N[C@@H](CC(C)C)C(=O)OCC. The Balaban J connectivity index is 4.01. The van der Waals surface area contributed by atoms with Crippen LogP contribution in [0.5, 0.6) is 0 Å². The number of hydrogen-bond donors (Lipinski definition) is 1. The maximum Gasteiger partial charge on any atom is 0.328 e. The van der Waals surface area contributed by atoms with E-state index in [9.17, 15) is 9.59 Å². The molecule has 0 unspecified atom stereocenters. The zero-order chi connectivity index (χ0) is 16.1. The first-order chi connectivity index (χ1) is 10.0. The molecular formula is C17H33NO3. The van der Waals surface area contributed by atoms with Crippen LogP contribution in [-0.4, -0.2) is 24.5 Å². The van der Waals surface area contributed by atoms with Crippen LogP contribution in [0.4, 0.5) is 0 Å². The van der Waals surface area contributed by atoms with Crippen LogP contribution in [0, 0.1) is 5.92 Å². The fraction of sp³-hybridized carbons (Fsp3) is 0.882. The minimum atomic E-state index is -0.502. The van der Waals surface area contributed by atoms with E-state index in [-0.39, 0.29) is 11.9 Å². The molecule has 0 aliphatic heterocycles. The molecule has 0 aromatic rings. The monoisotopic (exact) mass is 299 g/mol. The maximum absolute atomic E-state index is 11.9. The molecule has 1 atom stereocenters. The summed E-state index contributed by atoms with van der Waals surface area (Å²) in [5.41, 5.74) is 0. The van der Waals surface area contributed by atoms with Crippen LogP contribution in [0.25, 0.3) is 0 Å². The zero-order valence-electron chi connectivity index (χ0n) is 14.2. The lowest BCUT2D eigenvalue weighted by Crippen LogP contribution is -2.42. The highest BCUT2D eigenvalue weighted by atomic mass is 16.5. The standard InChI is InChI=1S/C17H33NO3/c1-5-7-8-9-10-11-12-16(19)18-15(13-14(3)4)17(20)21-6-2/h14-15H,5-13H2,1-4H3,(H,18,19)/t15-/m0/s1. The molecule has 4 heteroatoms. The number of amides is 1. The van der Waals surface area contributed by atoms with Crippen LogP contribution < -0.4 is 5.32 Å². The number of carbonyl (C=O) groups excluding carboxylic acids is 2. The van der Waals surface area contributed by atoms with Crippen LogP contribution in [0.2, 0.25) is 0 Å². The molecule has 21 heavy (non-hydrogen) atoms. The summed E-state index contributed by atoms with van der Waals surface area (Å²) >= 11 is 0. The lowest BCUT2D eigenvalue weighted by atomic mass is 10.0. The lowest BCUT2D eigenvalue weighted by Gasteiger charge is -2.19. The number of hydrogen-bond acceptors (Lipinski definition) is 3. The van der Waals surface area contributed by atoms with E-state index >= 15 is 0 Å². The summed E-state index contributed by atoms with van der Waals surface area (Å²) in [4.78, 5) is 23.7. The van der Waals surface area contributed by atoms with Crippen molar-refractivity contribution < 1.29 is 14.3 Å². The maximum atomic E-state index is 11.9. The Morgan fingerprint density at radius 2 is 1.62 bits per heavy atom. The molecule has 124 valence electrons. The number of carbonyl (C=O) groups is 2. The molecule has 4 nitrogen and oxygen atoms in total. The van der Waals surface area contributed by atoms with Gasteiger partial charge in [-0.05, 0) is 25.7 Å². The average Bonchev–Trinajstić information content (AvgIpc) is 2.41. The van der Waals surface area contributed by atoms with Crippen molar-refractivity contribution in [1.82, 2.24) is 5.32 Å². The molecule has 0 saturated heterocycles. The van der Waals surface area contributed by atoms with Crippen molar-refractivity contribution in [1.29, 1.82) is 0 Å². The minimum Gasteiger partial charge on any atom is -0.464 e. The van der Waals surface area contributed by atoms with Crippen LogP contribution in [-0.2, 0) is 14.3 Å². The normalized spacial score (nSPS) is 12.2. The van der Waals surface area contributed by atoms with Gasteiger partial charge in [0.2, 0.25) is 5.91 Å². The van der Waals surface area contributed by atoms with Gasteiger partial charge in [-0.15, -0.1) is 0 Å². The van der Waals surface area contributed by atoms with Gasteiger partial charge in [-0.25, -0.2) is 4.79 Å². The van der Waals surface area contributed by atoms with Gasteiger partial charge < -0.3 is 10.1 Å². The number of rotatable bonds is 12. The molecule has 0 fully saturated rings. The largest absolute Gasteiger partial charge is 0.464 e. The van der Waals surface area contributed by atoms with Gasteiger partial charge >= 0.3 is 5.97 Å². The second-order valence-electron chi connectivity index (χ2n) is 6.02. The van der Waals surface area contributed by atoms with Crippen LogP contribution in [0.3, 0.4) is 0 Å². The minimum absolute atomic E-state index is 0.0378. The van der Waals surface area contributed by atoms with Crippen molar-refractivity contribution in [3.63, 3.8) is 0 Å². The Hall–Kier alpha value is -1.06. The van der Waals surface area contributed by atoms with Gasteiger partial charge in [0.1, 0.15) is 6.04 Å². The highest BCUT2D eigenvalue weighted by molar-refractivity contribution is 5.84. The van der Waals surface area contributed by atoms with Gasteiger partial charge in [0, 0.05) is 6.42 Å². The van der Waals surface area contributed by atoms with E-state index in [4.69, 9.17) is 4.74 Å². The summed E-state index contributed by atoms with van der Waals surface area (Å²) in [7, 11) is 0. The van der Waals surface area contributed by atoms with E-state index in [1.807, 2.05) is 13.8 Å². The number of esters is 1. The summed E-state index contributed by atoms with van der Waals surface area (Å²) < 4.78 is 5.02. The van der Waals surface area contributed by atoms with E-state index in [0.717, 1.165) is 12.8 Å². The predicted molar refractivity (Wildman–Crippen MR) is 86.0 cm³/mol. The van der Waals surface area contributed by atoms with Gasteiger partial charge in [-0.1, -0.05) is 52.9 Å². The second-order valence-corrected chi connectivity index (χ2v) is 6.02. The molecular weight excluding hydrogens is 266 g/mol. The van der Waals surface area contributed by atoms with E-state index in [1.54, 1.807) is 6.92 Å². The second kappa shape index (κ2) is 12.7. The molecule has 0 rings (SSSR count). The fourth-order valence-corrected chi connectivity index (χ4v) is 2.26. The Morgan fingerprint density at radius 3 is 2.19 bits per heavy atom. The van der Waals surface area contributed by atoms with Crippen LogP contribution in [0.1, 0.15) is 79.1 Å². The van der Waals surface area contributed by atoms with Gasteiger partial charge in [0.25, 0.3) is 0 Å². The summed E-state index contributed by atoms with van der Waals surface area (Å²) in [6, 6.07) is -0.502. The van der Waals surface area contributed by atoms with Crippen molar-refractivity contribution in [2.45, 2.75) is 85.1 Å². The smallest absolute Gasteiger partial charge is 0.328 e. The molecule has 0 spiro atoms. The molecule has 1 amide bonds. The van der Waals surface area contributed by atoms with Crippen LogP contribution in [0.15, 0.2) is 0 Å². The molecule has 1 N–H and O–H groups in total. The van der Waals surface area contributed by atoms with Gasteiger partial charge in [-0.3, -0.25) is 4.79 Å². The molecule has 0 heterocycles. The highest BCUT2D eigenvalue weighted by Gasteiger charge is 2.22. The average molecular weight is 299 g/mol. The third-order valence-corrected chi connectivity index (χ3v) is 3.37. The van der Waals surface area contributed by atoms with E-state index in [2.05, 4.69) is 12.2 Å². The van der Waals surface area contributed by atoms with E-state index in [0.29, 0.717) is 25.4 Å². The number of nitrogens with one attached hydrogen (secondary N) is 1. The number of ether oxygens (including phenoxy) is 1. The topological polar surface area (TPSA) is 55.4 Å². The first-order valence-electron chi connectivity index (χ1n) is 8.47. The first kappa shape index (κ1) is 19.9. The van der Waals surface area contributed by atoms with Crippen molar-refractivity contribution in [3.8, 4) is 0 Å². The third-order valence-electron chi connectivity index (χ3n) is 3.37. The van der Waals surface area contributed by atoms with Crippen molar-refractivity contribution in [2.75, 3.05) is 6.61 Å². The summed E-state index contributed by atoms with van der Waals surface area (Å²) in [5, 5.41) is 2.82. The van der Waals surface area contributed by atoms with E-state index < -0.39 is 6.04 Å². The lowest BCUT2D eigenvalue weighted by molar-refractivity contribution is -0.147. The van der Waals surface area contributed by atoms with Crippen molar-refractivity contribution in [3.05, 3.63) is 0 Å². The van der Waals surface area contributed by atoms with Crippen molar-refractivity contribution in [2.24, 2.45) is 5.92 Å². The Morgan fingerprint density at radius 1 is 1.00 bits per heavy atom. The first-order valence-corrected chi connectivity index (χ1v) is 8.47. The third kappa shape index (κ3) is 11.3. The Bertz CT molecular complexity index is 290. The Labute approximate surface area is 130 Å².